The molecule has 0 aliphatic carbocycles. The zero-order valence-corrected chi connectivity index (χ0v) is 29.4. The van der Waals surface area contributed by atoms with E-state index >= 15 is 0 Å². The summed E-state index contributed by atoms with van der Waals surface area (Å²) in [4.78, 5) is 11.0. The molecule has 55 heavy (non-hydrogen) atoms. The van der Waals surface area contributed by atoms with Crippen LogP contribution in [0, 0.1) is 0 Å². The quantitative estimate of drug-likeness (QED) is 0.180. The maximum Gasteiger partial charge on any atom is 0.165 e. The zero-order valence-electron chi connectivity index (χ0n) is 29.4. The van der Waals surface area contributed by atoms with Crippen molar-refractivity contribution in [3.05, 3.63) is 170 Å². The lowest BCUT2D eigenvalue weighted by Crippen LogP contribution is -2.04. The molecule has 0 radical (unpaired) electrons. The molecule has 5 heteroatoms. The van der Waals surface area contributed by atoms with Crippen molar-refractivity contribution in [2.45, 2.75) is 0 Å². The summed E-state index contributed by atoms with van der Waals surface area (Å²) in [7, 11) is 0. The summed E-state index contributed by atoms with van der Waals surface area (Å²) in [6, 6.07) is 60.4. The highest BCUT2D eigenvalue weighted by molar-refractivity contribution is 6.28. The molecule has 0 saturated heterocycles. The molecule has 0 atom stereocenters. The van der Waals surface area contributed by atoms with E-state index < -0.39 is 0 Å². The summed E-state index contributed by atoms with van der Waals surface area (Å²) in [6.07, 6.45) is 0. The highest BCUT2D eigenvalue weighted by Gasteiger charge is 2.30. The fraction of sp³-hybridized carbons (Fsp3) is 0. The average Bonchev–Trinajstić information content (AvgIpc) is 3.87. The van der Waals surface area contributed by atoms with Gasteiger partial charge in [0.25, 0.3) is 0 Å². The molecule has 13 rings (SSSR count). The molecule has 0 fully saturated rings. The van der Waals surface area contributed by atoms with Crippen molar-refractivity contribution in [3.63, 3.8) is 0 Å². The van der Waals surface area contributed by atoms with Gasteiger partial charge in [-0.25, -0.2) is 9.97 Å². The van der Waals surface area contributed by atoms with Crippen LogP contribution in [-0.4, -0.2) is 19.1 Å². The Labute approximate surface area is 313 Å². The first kappa shape index (κ1) is 29.0. The highest BCUT2D eigenvalue weighted by Crippen LogP contribution is 2.52. The molecule has 254 valence electrons. The molecular formula is C50H28N4O. The smallest absolute Gasteiger partial charge is 0.165 e. The van der Waals surface area contributed by atoms with Gasteiger partial charge in [0.05, 0.1) is 38.8 Å². The van der Waals surface area contributed by atoms with E-state index in [0.717, 1.165) is 61.1 Å². The number of hydrogen-bond donors (Lipinski definition) is 0. The maximum absolute atomic E-state index is 6.42. The molecule has 12 aromatic rings. The Morgan fingerprint density at radius 1 is 0.400 bits per heavy atom. The number of nitrogens with zero attached hydrogens (tertiary/aromatic N) is 4. The topological polar surface area (TPSA) is 48.8 Å². The predicted octanol–water partition coefficient (Wildman–Crippen LogP) is 13.0. The number of furan rings is 1. The number of benzene rings is 8. The molecule has 5 heterocycles. The van der Waals surface area contributed by atoms with Gasteiger partial charge in [0.1, 0.15) is 16.9 Å². The van der Waals surface area contributed by atoms with E-state index in [1.165, 1.54) is 60.5 Å². The Hall–Kier alpha value is -7.50. The molecule has 0 spiro atoms. The van der Waals surface area contributed by atoms with Crippen molar-refractivity contribution in [3.8, 4) is 45.0 Å². The Morgan fingerprint density at radius 2 is 1.02 bits per heavy atom. The molecule has 1 aliphatic heterocycles. The van der Waals surface area contributed by atoms with Crippen LogP contribution in [0.15, 0.2) is 174 Å². The molecule has 5 nitrogen and oxygen atoms in total. The molecular weight excluding hydrogens is 673 g/mol. The van der Waals surface area contributed by atoms with Crippen LogP contribution in [0.25, 0.3) is 122 Å². The molecule has 0 N–H and O–H groups in total. The first-order valence-corrected chi connectivity index (χ1v) is 18.7. The third kappa shape index (κ3) is 3.76. The summed E-state index contributed by atoms with van der Waals surface area (Å²) >= 11 is 0. The summed E-state index contributed by atoms with van der Waals surface area (Å²) < 4.78 is 11.3. The van der Waals surface area contributed by atoms with Crippen LogP contribution in [-0.2, 0) is 0 Å². The highest BCUT2D eigenvalue weighted by atomic mass is 16.3. The van der Waals surface area contributed by atoms with Gasteiger partial charge in [0.15, 0.2) is 5.82 Å². The minimum absolute atomic E-state index is 0.781. The van der Waals surface area contributed by atoms with Crippen LogP contribution < -0.4 is 0 Å². The third-order valence-electron chi connectivity index (χ3n) is 11.6. The molecule has 8 aromatic carbocycles. The fourth-order valence-electron chi connectivity index (χ4n) is 9.44. The number of fused-ring (bicyclic) bond motifs is 16. The second-order valence-electron chi connectivity index (χ2n) is 14.5. The number of para-hydroxylation sites is 6. The molecule has 0 unspecified atom stereocenters. The first-order chi connectivity index (χ1) is 27.3. The number of rotatable bonds is 2. The molecule has 1 aliphatic rings. The summed E-state index contributed by atoms with van der Waals surface area (Å²) in [6.45, 7) is 0. The second kappa shape index (κ2) is 10.6. The molecule has 4 aromatic heterocycles. The SMILES string of the molecule is c1ccc2c(c1)-c1ccccc1-n1c3ccccc3c3cc4c(c-2c31)c1ccccc1n4-c1nc2ccccc2nc1-c1cccc2oc3ccccc3c12. The standard InChI is InChI=1S/C50H28N4O/c1-2-17-32-29(14-1)30-15-3-9-23-39(30)53-40-24-10-4-16-31(40)36-28-42-46(47(32)49(36)53)33-18-5-11-25-41(33)54(42)50-48(51-37-21-7-8-22-38(37)52-50)35-20-13-27-44-45(35)34-19-6-12-26-43(34)55-44/h1-28H. The minimum atomic E-state index is 0.781. The summed E-state index contributed by atoms with van der Waals surface area (Å²) in [5.74, 6) is 0.781. The van der Waals surface area contributed by atoms with Gasteiger partial charge in [-0.1, -0.05) is 121 Å². The van der Waals surface area contributed by atoms with Crippen LogP contribution in [0.1, 0.15) is 0 Å². The van der Waals surface area contributed by atoms with E-state index in [0.29, 0.717) is 0 Å². The van der Waals surface area contributed by atoms with E-state index in [1.807, 2.05) is 30.3 Å². The third-order valence-corrected chi connectivity index (χ3v) is 11.6. The molecule has 0 amide bonds. The lowest BCUT2D eigenvalue weighted by molar-refractivity contribution is 0.669. The van der Waals surface area contributed by atoms with E-state index in [2.05, 4.69) is 149 Å². The van der Waals surface area contributed by atoms with E-state index in [9.17, 15) is 0 Å². The summed E-state index contributed by atoms with van der Waals surface area (Å²) in [5, 5.41) is 6.87. The summed E-state index contributed by atoms with van der Waals surface area (Å²) in [5.41, 5.74) is 15.8. The normalized spacial score (nSPS) is 12.4. The molecule has 0 saturated carbocycles. The Morgan fingerprint density at radius 3 is 1.87 bits per heavy atom. The van der Waals surface area contributed by atoms with E-state index in [1.54, 1.807) is 0 Å². The van der Waals surface area contributed by atoms with Crippen molar-refractivity contribution in [1.82, 2.24) is 19.1 Å². The van der Waals surface area contributed by atoms with Gasteiger partial charge in [-0.05, 0) is 59.7 Å². The monoisotopic (exact) mass is 700 g/mol. The first-order valence-electron chi connectivity index (χ1n) is 18.7. The lowest BCUT2D eigenvalue weighted by atomic mass is 9.91. The molecule has 0 bridgehead atoms. The lowest BCUT2D eigenvalue weighted by Gasteiger charge is -2.15. The van der Waals surface area contributed by atoms with Crippen LogP contribution in [0.2, 0.25) is 0 Å². The van der Waals surface area contributed by atoms with Crippen molar-refractivity contribution in [2.75, 3.05) is 0 Å². The van der Waals surface area contributed by atoms with Crippen LogP contribution >= 0.6 is 0 Å². The van der Waals surface area contributed by atoms with E-state index in [4.69, 9.17) is 14.4 Å². The zero-order chi connectivity index (χ0) is 35.8. The number of hydrogen-bond acceptors (Lipinski definition) is 3. The van der Waals surface area contributed by atoms with Crippen molar-refractivity contribution in [1.29, 1.82) is 0 Å². The van der Waals surface area contributed by atoms with Crippen LogP contribution in [0.3, 0.4) is 0 Å². The minimum Gasteiger partial charge on any atom is -0.456 e. The van der Waals surface area contributed by atoms with Crippen molar-refractivity contribution >= 4 is 76.6 Å². The largest absolute Gasteiger partial charge is 0.456 e. The van der Waals surface area contributed by atoms with Gasteiger partial charge < -0.3 is 8.98 Å². The second-order valence-corrected chi connectivity index (χ2v) is 14.5. The van der Waals surface area contributed by atoms with Gasteiger partial charge in [-0.2, -0.15) is 0 Å². The van der Waals surface area contributed by atoms with Gasteiger partial charge in [-0.15, -0.1) is 0 Å². The number of aromatic nitrogens is 4. The maximum atomic E-state index is 6.42. The van der Waals surface area contributed by atoms with Crippen LogP contribution in [0.4, 0.5) is 0 Å². The van der Waals surface area contributed by atoms with Crippen molar-refractivity contribution in [2.24, 2.45) is 0 Å². The Kier molecular flexibility index (Phi) is 5.57. The predicted molar refractivity (Wildman–Crippen MR) is 225 cm³/mol. The van der Waals surface area contributed by atoms with Gasteiger partial charge in [-0.3, -0.25) is 4.57 Å². The van der Waals surface area contributed by atoms with E-state index in [-0.39, 0.29) is 0 Å². The van der Waals surface area contributed by atoms with Crippen molar-refractivity contribution < 1.29 is 4.42 Å². The average molecular weight is 701 g/mol. The fourth-order valence-corrected chi connectivity index (χ4v) is 9.44. The van der Waals surface area contributed by atoms with Gasteiger partial charge in [0, 0.05) is 49.0 Å². The van der Waals surface area contributed by atoms with Gasteiger partial charge in [0.2, 0.25) is 0 Å². The Balaban J connectivity index is 1.26. The van der Waals surface area contributed by atoms with Crippen LogP contribution in [0.5, 0.6) is 0 Å². The Bertz CT molecular complexity index is 3620. The van der Waals surface area contributed by atoms with Gasteiger partial charge >= 0.3 is 0 Å².